The van der Waals surface area contributed by atoms with Crippen molar-refractivity contribution in [3.05, 3.63) is 131 Å². The number of esters is 2. The Kier molecular flexibility index (Phi) is 7.35. The maximum absolute atomic E-state index is 13.7. The molecule has 0 bridgehead atoms. The molecule has 3 aromatic carbocycles. The summed E-state index contributed by atoms with van der Waals surface area (Å²) >= 11 is 3.21. The summed E-state index contributed by atoms with van der Waals surface area (Å²) in [4.78, 5) is 51.9. The number of ether oxygens (including phenoxy) is 2. The first-order valence-electron chi connectivity index (χ1n) is 10.9. The van der Waals surface area contributed by atoms with Crippen molar-refractivity contribution in [1.82, 2.24) is 0 Å². The van der Waals surface area contributed by atoms with Gasteiger partial charge in [-0.2, -0.15) is 0 Å². The van der Waals surface area contributed by atoms with Gasteiger partial charge < -0.3 is 19.7 Å². The van der Waals surface area contributed by atoms with Crippen LogP contribution in [0.25, 0.3) is 0 Å². The molecule has 2 unspecified atom stereocenters. The van der Waals surface area contributed by atoms with Crippen LogP contribution in [-0.2, 0) is 14.3 Å². The molecule has 9 heteroatoms. The van der Waals surface area contributed by atoms with Crippen molar-refractivity contribution in [1.29, 1.82) is 0 Å². The van der Waals surface area contributed by atoms with E-state index in [1.807, 2.05) is 0 Å². The molecule has 4 rings (SSSR count). The largest absolute Gasteiger partial charge is 0.504 e. The highest BCUT2D eigenvalue weighted by atomic mass is 79.9. The number of carboxylic acids is 1. The van der Waals surface area contributed by atoms with Crippen molar-refractivity contribution >= 4 is 39.6 Å². The van der Waals surface area contributed by atoms with E-state index < -0.39 is 51.2 Å². The van der Waals surface area contributed by atoms with E-state index in [9.17, 15) is 29.4 Å². The van der Waals surface area contributed by atoms with Crippen LogP contribution in [0.4, 0.5) is 0 Å². The van der Waals surface area contributed by atoms with Gasteiger partial charge in [0.2, 0.25) is 10.3 Å². The number of aliphatic carboxylic acids is 1. The minimum Gasteiger partial charge on any atom is -0.504 e. The average molecular weight is 563 g/mol. The minimum atomic E-state index is -2.40. The summed E-state index contributed by atoms with van der Waals surface area (Å²) in [6.45, 7) is 0. The van der Waals surface area contributed by atoms with Crippen molar-refractivity contribution in [2.24, 2.45) is 5.92 Å². The SMILES string of the molecule is O=C(O)C1=CC(O)=C(OC(=O)c2ccccc2)C(Br)(OC(=O)c2ccccc2)C1C(=O)c1ccccc1. The molecule has 2 N–H and O–H groups in total. The second-order valence-electron chi connectivity index (χ2n) is 7.94. The topological polar surface area (TPSA) is 127 Å². The molecule has 0 amide bonds. The summed E-state index contributed by atoms with van der Waals surface area (Å²) in [7, 11) is 0. The van der Waals surface area contributed by atoms with Crippen molar-refractivity contribution < 1.29 is 38.9 Å². The summed E-state index contributed by atoms with van der Waals surface area (Å²) < 4.78 is 8.74. The maximum atomic E-state index is 13.7. The number of aliphatic hydroxyl groups excluding tert-OH is 1. The fourth-order valence-corrected chi connectivity index (χ4v) is 4.67. The molecular weight excluding hydrogens is 544 g/mol. The molecule has 1 aliphatic carbocycles. The molecule has 186 valence electrons. The molecule has 37 heavy (non-hydrogen) atoms. The smallest absolute Gasteiger partial charge is 0.343 e. The first-order valence-corrected chi connectivity index (χ1v) is 11.7. The molecule has 0 spiro atoms. The second-order valence-corrected chi connectivity index (χ2v) is 9.12. The van der Waals surface area contributed by atoms with Crippen molar-refractivity contribution in [2.75, 3.05) is 0 Å². The van der Waals surface area contributed by atoms with E-state index in [1.54, 1.807) is 54.6 Å². The summed E-state index contributed by atoms with van der Waals surface area (Å²) in [5, 5.41) is 20.7. The lowest BCUT2D eigenvalue weighted by Crippen LogP contribution is -2.48. The quantitative estimate of drug-likeness (QED) is 0.231. The molecule has 0 aromatic heterocycles. The van der Waals surface area contributed by atoms with E-state index in [1.165, 1.54) is 36.4 Å². The van der Waals surface area contributed by atoms with E-state index >= 15 is 0 Å². The number of aliphatic hydroxyl groups is 1. The molecule has 3 aromatic rings. The third kappa shape index (κ3) is 5.22. The summed E-state index contributed by atoms with van der Waals surface area (Å²) in [6, 6.07) is 23.3. The fourth-order valence-electron chi connectivity index (χ4n) is 3.79. The lowest BCUT2D eigenvalue weighted by atomic mass is 9.81. The van der Waals surface area contributed by atoms with Gasteiger partial charge in [-0.1, -0.05) is 66.7 Å². The Hall–Kier alpha value is -4.50. The Morgan fingerprint density at radius 3 is 1.68 bits per heavy atom. The molecule has 1 aliphatic rings. The van der Waals surface area contributed by atoms with Crippen LogP contribution in [0.5, 0.6) is 0 Å². The zero-order chi connectivity index (χ0) is 26.6. The predicted molar refractivity (Wildman–Crippen MR) is 135 cm³/mol. The van der Waals surface area contributed by atoms with Gasteiger partial charge in [0.15, 0.2) is 11.5 Å². The molecule has 0 saturated carbocycles. The molecule has 0 heterocycles. The molecule has 0 aliphatic heterocycles. The maximum Gasteiger partial charge on any atom is 0.343 e. The Morgan fingerprint density at radius 1 is 0.730 bits per heavy atom. The van der Waals surface area contributed by atoms with Crippen LogP contribution in [0.3, 0.4) is 0 Å². The van der Waals surface area contributed by atoms with Crippen LogP contribution >= 0.6 is 15.9 Å². The standard InChI is InChI=1S/C28H19BrO8/c29-28(37-27(35)19-14-8-3-9-15-19)22(23(31)17-10-4-1-5-11-17)20(25(32)33)16-21(30)24(28)36-26(34)18-12-6-2-7-13-18/h1-16,22,30H,(H,32,33). The van der Waals surface area contributed by atoms with Crippen molar-refractivity contribution in [3.63, 3.8) is 0 Å². The Bertz CT molecular complexity index is 1410. The number of carbonyl (C=O) groups excluding carboxylic acids is 3. The van der Waals surface area contributed by atoms with Gasteiger partial charge in [0.05, 0.1) is 16.7 Å². The molecule has 8 nitrogen and oxygen atoms in total. The van der Waals surface area contributed by atoms with Gasteiger partial charge >= 0.3 is 17.9 Å². The lowest BCUT2D eigenvalue weighted by molar-refractivity contribution is -0.133. The summed E-state index contributed by atoms with van der Waals surface area (Å²) in [5.74, 6) is -7.39. The second kappa shape index (κ2) is 10.6. The Balaban J connectivity index is 1.87. The van der Waals surface area contributed by atoms with Crippen LogP contribution in [0.2, 0.25) is 0 Å². The van der Waals surface area contributed by atoms with Gasteiger partial charge in [-0.3, -0.25) is 4.79 Å². The van der Waals surface area contributed by atoms with Gasteiger partial charge in [-0.15, -0.1) is 0 Å². The number of carbonyl (C=O) groups is 4. The summed E-state index contributed by atoms with van der Waals surface area (Å²) in [6.07, 6.45) is 0.803. The zero-order valence-corrected chi connectivity index (χ0v) is 20.6. The van der Waals surface area contributed by atoms with Crippen molar-refractivity contribution in [3.8, 4) is 0 Å². The monoisotopic (exact) mass is 562 g/mol. The van der Waals surface area contributed by atoms with Gasteiger partial charge in [0.25, 0.3) is 0 Å². The van der Waals surface area contributed by atoms with Crippen molar-refractivity contribution in [2.45, 2.75) is 4.51 Å². The van der Waals surface area contributed by atoms with Gasteiger partial charge in [-0.05, 0) is 46.3 Å². The first kappa shape index (κ1) is 25.6. The molecule has 0 radical (unpaired) electrons. The highest BCUT2D eigenvalue weighted by Gasteiger charge is 2.57. The molecule has 0 saturated heterocycles. The average Bonchev–Trinajstić information content (AvgIpc) is 2.91. The zero-order valence-electron chi connectivity index (χ0n) is 19.0. The lowest BCUT2D eigenvalue weighted by Gasteiger charge is -2.38. The minimum absolute atomic E-state index is 0.0758. The number of rotatable bonds is 7. The number of halogens is 1. The van der Waals surface area contributed by atoms with Gasteiger partial charge in [0.1, 0.15) is 5.92 Å². The normalized spacial score (nSPS) is 18.9. The number of hydrogen-bond donors (Lipinski definition) is 2. The van der Waals surface area contributed by atoms with E-state index in [0.29, 0.717) is 0 Å². The number of Topliss-reactive ketones (excluding diaryl/α,β-unsaturated/α-hetero) is 1. The number of alkyl halides is 1. The van der Waals surface area contributed by atoms with Gasteiger partial charge in [0, 0.05) is 5.56 Å². The van der Waals surface area contributed by atoms with E-state index in [-0.39, 0.29) is 16.7 Å². The van der Waals surface area contributed by atoms with Crippen LogP contribution in [-0.4, -0.2) is 38.4 Å². The van der Waals surface area contributed by atoms with Crippen LogP contribution in [0, 0.1) is 5.92 Å². The fraction of sp³-hybridized carbons (Fsp3) is 0.0714. The van der Waals surface area contributed by atoms with E-state index in [4.69, 9.17) is 9.47 Å². The van der Waals surface area contributed by atoms with E-state index in [2.05, 4.69) is 15.9 Å². The molecular formula is C28H19BrO8. The van der Waals surface area contributed by atoms with Gasteiger partial charge in [-0.25, -0.2) is 14.4 Å². The number of hydrogen-bond acceptors (Lipinski definition) is 7. The summed E-state index contributed by atoms with van der Waals surface area (Å²) in [5.41, 5.74) is -0.296. The van der Waals surface area contributed by atoms with Crippen LogP contribution in [0.1, 0.15) is 31.1 Å². The van der Waals surface area contributed by atoms with Crippen LogP contribution in [0.15, 0.2) is 114 Å². The third-order valence-electron chi connectivity index (χ3n) is 5.54. The highest BCUT2D eigenvalue weighted by molar-refractivity contribution is 9.10. The Labute approximate surface area is 219 Å². The molecule has 2 atom stereocenters. The number of allylic oxidation sites excluding steroid dienone is 1. The number of benzene rings is 3. The highest BCUT2D eigenvalue weighted by Crippen LogP contribution is 2.48. The number of ketones is 1. The number of carboxylic acid groups (broad SMARTS) is 1. The first-order chi connectivity index (χ1) is 17.7. The van der Waals surface area contributed by atoms with Crippen LogP contribution < -0.4 is 0 Å². The Morgan fingerprint density at radius 2 is 1.19 bits per heavy atom. The van der Waals surface area contributed by atoms with E-state index in [0.717, 1.165) is 6.08 Å². The predicted octanol–water partition coefficient (Wildman–Crippen LogP) is 5.08. The third-order valence-corrected chi connectivity index (χ3v) is 6.52. The molecule has 0 fully saturated rings.